The molecular weight excluding hydrogens is 491 g/mol. The summed E-state index contributed by atoms with van der Waals surface area (Å²) >= 11 is 1.91. The maximum Gasteiger partial charge on any atom is 0.252 e. The summed E-state index contributed by atoms with van der Waals surface area (Å²) in [4.78, 5) is 0. The fraction of sp³-hybridized carbons (Fsp3) is 0. The highest BCUT2D eigenvalue weighted by atomic mass is 32.1. The predicted octanol–water partition coefficient (Wildman–Crippen LogP) is 8.01. The van der Waals surface area contributed by atoms with Gasteiger partial charge < -0.3 is 4.74 Å². The van der Waals surface area contributed by atoms with Gasteiger partial charge in [0.15, 0.2) is 0 Å². The maximum atomic E-state index is 6.33. The molecule has 6 aromatic carbocycles. The molecule has 1 aliphatic rings. The summed E-state index contributed by atoms with van der Waals surface area (Å²) in [6, 6.07) is 50.0. The Morgan fingerprint density at radius 3 is 1.77 bits per heavy atom. The summed E-state index contributed by atoms with van der Waals surface area (Å²) in [6.07, 6.45) is 0. The average molecular weight is 514 g/mol. The molecular formula is C36H23BOS. The summed E-state index contributed by atoms with van der Waals surface area (Å²) in [6.45, 7) is 0.118. The van der Waals surface area contributed by atoms with E-state index in [-0.39, 0.29) is 6.71 Å². The van der Waals surface area contributed by atoms with Crippen molar-refractivity contribution in [3.8, 4) is 33.8 Å². The van der Waals surface area contributed by atoms with Crippen LogP contribution in [0.5, 0.6) is 11.5 Å². The molecule has 0 atom stereocenters. The molecule has 0 spiro atoms. The fourth-order valence-electron chi connectivity index (χ4n) is 6.04. The van der Waals surface area contributed by atoms with E-state index in [0.29, 0.717) is 0 Å². The van der Waals surface area contributed by atoms with E-state index in [4.69, 9.17) is 4.74 Å². The van der Waals surface area contributed by atoms with Crippen LogP contribution in [0.1, 0.15) is 0 Å². The number of thiophene rings is 1. The number of hydrogen-bond acceptors (Lipinski definition) is 2. The normalized spacial score (nSPS) is 12.3. The molecule has 39 heavy (non-hydrogen) atoms. The molecule has 3 heteroatoms. The lowest BCUT2D eigenvalue weighted by Gasteiger charge is -2.26. The van der Waals surface area contributed by atoms with E-state index in [0.717, 1.165) is 11.5 Å². The zero-order chi connectivity index (χ0) is 25.8. The zero-order valence-electron chi connectivity index (χ0n) is 21.2. The molecule has 8 rings (SSSR count). The summed E-state index contributed by atoms with van der Waals surface area (Å²) in [7, 11) is 0. The van der Waals surface area contributed by atoms with Crippen LogP contribution in [0, 0.1) is 0 Å². The zero-order valence-corrected chi connectivity index (χ0v) is 22.0. The number of para-hydroxylation sites is 2. The molecule has 0 fully saturated rings. The summed E-state index contributed by atoms with van der Waals surface area (Å²) < 4.78 is 9.00. The van der Waals surface area contributed by atoms with E-state index in [1.54, 1.807) is 0 Å². The minimum Gasteiger partial charge on any atom is -0.458 e. The van der Waals surface area contributed by atoms with Crippen LogP contribution in [-0.4, -0.2) is 6.71 Å². The highest BCUT2D eigenvalue weighted by Gasteiger charge is 2.33. The highest BCUT2D eigenvalue weighted by Crippen LogP contribution is 2.40. The second kappa shape index (κ2) is 9.01. The molecule has 1 aliphatic heterocycles. The highest BCUT2D eigenvalue weighted by molar-refractivity contribution is 7.28. The second-order valence-corrected chi connectivity index (χ2v) is 11.1. The van der Waals surface area contributed by atoms with Gasteiger partial charge in [0.2, 0.25) is 0 Å². The van der Waals surface area contributed by atoms with Crippen LogP contribution in [0.4, 0.5) is 0 Å². The van der Waals surface area contributed by atoms with Gasteiger partial charge in [-0.25, -0.2) is 0 Å². The topological polar surface area (TPSA) is 9.23 Å². The van der Waals surface area contributed by atoms with E-state index in [9.17, 15) is 0 Å². The molecule has 1 nitrogen and oxygen atoms in total. The number of ether oxygens (including phenoxy) is 1. The van der Waals surface area contributed by atoms with Crippen molar-refractivity contribution in [1.29, 1.82) is 0 Å². The van der Waals surface area contributed by atoms with Crippen molar-refractivity contribution < 1.29 is 4.74 Å². The van der Waals surface area contributed by atoms with Gasteiger partial charge in [-0.2, -0.15) is 0 Å². The lowest BCUT2D eigenvalue weighted by molar-refractivity contribution is 0.487. The molecule has 0 N–H and O–H groups in total. The fourth-order valence-corrected chi connectivity index (χ4v) is 7.42. The molecule has 2 heterocycles. The van der Waals surface area contributed by atoms with Crippen molar-refractivity contribution in [2.75, 3.05) is 0 Å². The molecule has 1 aromatic heterocycles. The summed E-state index contributed by atoms with van der Waals surface area (Å²) in [5, 5.41) is 2.63. The van der Waals surface area contributed by atoms with Crippen LogP contribution in [0.25, 0.3) is 42.4 Å². The number of hydrogen-bond donors (Lipinski definition) is 0. The van der Waals surface area contributed by atoms with Gasteiger partial charge in [-0.15, -0.1) is 11.3 Å². The van der Waals surface area contributed by atoms with Gasteiger partial charge in [-0.05, 0) is 56.8 Å². The monoisotopic (exact) mass is 514 g/mol. The lowest BCUT2D eigenvalue weighted by atomic mass is 9.36. The Hall–Kier alpha value is -4.60. The van der Waals surface area contributed by atoms with Crippen LogP contribution in [0.2, 0.25) is 0 Å². The molecule has 0 saturated carbocycles. The molecule has 7 aromatic rings. The largest absolute Gasteiger partial charge is 0.458 e. The van der Waals surface area contributed by atoms with Crippen molar-refractivity contribution >= 4 is 54.6 Å². The quantitative estimate of drug-likeness (QED) is 0.217. The van der Waals surface area contributed by atoms with Crippen LogP contribution in [0.3, 0.4) is 0 Å². The number of benzene rings is 6. The Labute approximate surface area is 232 Å². The Kier molecular flexibility index (Phi) is 5.17. The van der Waals surface area contributed by atoms with E-state index in [1.165, 1.54) is 58.8 Å². The Morgan fingerprint density at radius 1 is 0.436 bits per heavy atom. The minimum absolute atomic E-state index is 0.118. The first kappa shape index (κ1) is 22.4. The molecule has 182 valence electrons. The van der Waals surface area contributed by atoms with Gasteiger partial charge in [-0.1, -0.05) is 127 Å². The van der Waals surface area contributed by atoms with Gasteiger partial charge in [0, 0.05) is 14.8 Å². The van der Waals surface area contributed by atoms with E-state index in [2.05, 4.69) is 140 Å². The number of fused-ring (bicyclic) bond motifs is 5. The average Bonchev–Trinajstić information content (AvgIpc) is 3.40. The van der Waals surface area contributed by atoms with Crippen LogP contribution >= 0.6 is 11.3 Å². The van der Waals surface area contributed by atoms with Crippen molar-refractivity contribution in [3.05, 3.63) is 140 Å². The van der Waals surface area contributed by atoms with Crippen LogP contribution in [0.15, 0.2) is 140 Å². The number of rotatable bonds is 3. The minimum atomic E-state index is 0.118. The molecule has 0 bridgehead atoms. The van der Waals surface area contributed by atoms with E-state index in [1.807, 2.05) is 11.3 Å². The third-order valence-corrected chi connectivity index (χ3v) is 9.13. The third kappa shape index (κ3) is 3.62. The molecule has 0 radical (unpaired) electrons. The molecule has 0 aliphatic carbocycles. The molecule has 0 amide bonds. The maximum absolute atomic E-state index is 6.33. The van der Waals surface area contributed by atoms with Crippen molar-refractivity contribution in [3.63, 3.8) is 0 Å². The van der Waals surface area contributed by atoms with Crippen molar-refractivity contribution in [2.45, 2.75) is 0 Å². The van der Waals surface area contributed by atoms with Crippen LogP contribution in [-0.2, 0) is 0 Å². The van der Waals surface area contributed by atoms with Crippen molar-refractivity contribution in [1.82, 2.24) is 0 Å². The van der Waals surface area contributed by atoms with E-state index < -0.39 is 0 Å². The molecule has 0 saturated heterocycles. The van der Waals surface area contributed by atoms with Crippen LogP contribution < -0.4 is 21.1 Å². The third-order valence-electron chi connectivity index (χ3n) is 7.83. The Morgan fingerprint density at radius 2 is 1.00 bits per heavy atom. The summed E-state index contributed by atoms with van der Waals surface area (Å²) in [5.74, 6) is 1.88. The van der Waals surface area contributed by atoms with Crippen molar-refractivity contribution in [2.24, 2.45) is 0 Å². The SMILES string of the molecule is c1ccc(-c2cccc(-c3cccc4c3sc3c(B5c6ccccc6Oc6ccccc65)cccc34)c2)cc1. The van der Waals surface area contributed by atoms with Gasteiger partial charge in [0.25, 0.3) is 6.71 Å². The Bertz CT molecular complexity index is 1960. The predicted molar refractivity (Wildman–Crippen MR) is 168 cm³/mol. The summed E-state index contributed by atoms with van der Waals surface area (Å²) in [5.41, 5.74) is 8.78. The molecule has 0 unspecified atom stereocenters. The van der Waals surface area contributed by atoms with Gasteiger partial charge >= 0.3 is 0 Å². The lowest BCUT2D eigenvalue weighted by Crippen LogP contribution is -2.54. The first-order valence-corrected chi connectivity index (χ1v) is 14.1. The van der Waals surface area contributed by atoms with E-state index >= 15 is 0 Å². The second-order valence-electron chi connectivity index (χ2n) is 10.1. The van der Waals surface area contributed by atoms with Gasteiger partial charge in [0.05, 0.1) is 0 Å². The van der Waals surface area contributed by atoms with Gasteiger partial charge in [-0.3, -0.25) is 0 Å². The first-order chi connectivity index (χ1) is 19.3. The first-order valence-electron chi connectivity index (χ1n) is 13.3. The Balaban J connectivity index is 1.35. The standard InChI is InChI=1S/C36H23BOS/c1-2-11-24(12-3-1)25-13-8-14-26(23-25)27-15-9-16-28-29-17-10-20-32(36(29)39-35(27)28)37-30-18-4-6-21-33(30)38-34-22-7-5-19-31(34)37/h1-23H. The van der Waals surface area contributed by atoms with Gasteiger partial charge in [0.1, 0.15) is 11.5 Å². The smallest absolute Gasteiger partial charge is 0.252 e.